The van der Waals surface area contributed by atoms with Crippen molar-refractivity contribution in [3.63, 3.8) is 0 Å². The number of hydrogen-bond acceptors (Lipinski definition) is 5. The molecular formula is C14H13ClN4O2. The summed E-state index contributed by atoms with van der Waals surface area (Å²) in [6.45, 7) is 2.58. The van der Waals surface area contributed by atoms with E-state index < -0.39 is 5.97 Å². The van der Waals surface area contributed by atoms with Gasteiger partial charge in [0.2, 0.25) is 0 Å². The summed E-state index contributed by atoms with van der Waals surface area (Å²) in [5, 5.41) is 17.8. The number of fused-ring (bicyclic) bond motifs is 1. The fourth-order valence-corrected chi connectivity index (χ4v) is 2.72. The maximum absolute atomic E-state index is 11.4. The topological polar surface area (TPSA) is 79.2 Å². The van der Waals surface area contributed by atoms with Gasteiger partial charge in [-0.1, -0.05) is 11.6 Å². The normalized spacial score (nSPS) is 13.9. The average molecular weight is 305 g/mol. The molecule has 0 amide bonds. The minimum atomic E-state index is -1.06. The molecule has 0 atom stereocenters. The molecule has 3 rings (SSSR count). The van der Waals surface area contributed by atoms with E-state index in [0.717, 1.165) is 24.0 Å². The summed E-state index contributed by atoms with van der Waals surface area (Å²) >= 11 is 6.02. The monoisotopic (exact) mass is 304 g/mol. The lowest BCUT2D eigenvalue weighted by molar-refractivity contribution is 0.0691. The molecule has 0 aliphatic carbocycles. The molecule has 2 aromatic heterocycles. The molecule has 3 heterocycles. The van der Waals surface area contributed by atoms with E-state index in [4.69, 9.17) is 11.6 Å². The van der Waals surface area contributed by atoms with E-state index in [1.54, 1.807) is 12.1 Å². The zero-order valence-electron chi connectivity index (χ0n) is 11.4. The smallest absolute Gasteiger partial charge is 0.356 e. The highest BCUT2D eigenvalue weighted by molar-refractivity contribution is 6.30. The Morgan fingerprint density at radius 2 is 2.24 bits per heavy atom. The second kappa shape index (κ2) is 5.29. The van der Waals surface area contributed by atoms with Gasteiger partial charge in [0.1, 0.15) is 0 Å². The molecule has 1 N–H and O–H groups in total. The van der Waals surface area contributed by atoms with Gasteiger partial charge >= 0.3 is 5.97 Å². The first-order valence-corrected chi connectivity index (χ1v) is 6.95. The Bertz CT molecular complexity index is 720. The third-order valence-electron chi connectivity index (χ3n) is 3.61. The molecule has 7 heteroatoms. The highest BCUT2D eigenvalue weighted by Gasteiger charge is 2.26. The maximum Gasteiger partial charge on any atom is 0.356 e. The van der Waals surface area contributed by atoms with E-state index in [9.17, 15) is 9.90 Å². The first-order chi connectivity index (χ1) is 10.1. The van der Waals surface area contributed by atoms with Crippen LogP contribution < -0.4 is 4.90 Å². The standard InChI is InChI=1S/C14H13ClN4O2/c1-8-9-4-3-7-19(13(9)18-17-12(8)15)10-5-2-6-16-11(10)14(20)21/h2,5-6H,3-4,7H2,1H3,(H,20,21). The van der Waals surface area contributed by atoms with Crippen LogP contribution in [0, 0.1) is 6.92 Å². The van der Waals surface area contributed by atoms with E-state index in [2.05, 4.69) is 15.2 Å². The van der Waals surface area contributed by atoms with Crippen molar-refractivity contribution in [2.24, 2.45) is 0 Å². The number of pyridine rings is 1. The van der Waals surface area contributed by atoms with Crippen LogP contribution in [0.1, 0.15) is 28.0 Å². The number of rotatable bonds is 2. The molecule has 0 bridgehead atoms. The van der Waals surface area contributed by atoms with Crippen molar-refractivity contribution in [2.45, 2.75) is 19.8 Å². The number of carboxylic acids is 1. The fraction of sp³-hybridized carbons (Fsp3) is 0.286. The van der Waals surface area contributed by atoms with Crippen LogP contribution in [0.25, 0.3) is 0 Å². The molecule has 0 radical (unpaired) electrons. The van der Waals surface area contributed by atoms with Crippen molar-refractivity contribution in [3.05, 3.63) is 40.3 Å². The van der Waals surface area contributed by atoms with Crippen molar-refractivity contribution in [2.75, 3.05) is 11.4 Å². The van der Waals surface area contributed by atoms with Crippen LogP contribution in [-0.4, -0.2) is 32.8 Å². The Labute approximate surface area is 126 Å². The van der Waals surface area contributed by atoms with E-state index in [0.29, 0.717) is 23.2 Å². The minimum absolute atomic E-state index is 0.0137. The van der Waals surface area contributed by atoms with Crippen LogP contribution in [0.3, 0.4) is 0 Å². The SMILES string of the molecule is Cc1c(Cl)nnc2c1CCCN2c1cccnc1C(=O)O. The molecular weight excluding hydrogens is 292 g/mol. The van der Waals surface area contributed by atoms with Crippen LogP contribution >= 0.6 is 11.6 Å². The second-order valence-electron chi connectivity index (χ2n) is 4.85. The number of nitrogens with zero attached hydrogens (tertiary/aromatic N) is 4. The first kappa shape index (κ1) is 13.8. The molecule has 6 nitrogen and oxygen atoms in total. The van der Waals surface area contributed by atoms with Gasteiger partial charge in [0.15, 0.2) is 16.7 Å². The van der Waals surface area contributed by atoms with Crippen LogP contribution in [0.5, 0.6) is 0 Å². The number of anilines is 2. The lowest BCUT2D eigenvalue weighted by Crippen LogP contribution is -2.28. The Morgan fingerprint density at radius 3 is 3.00 bits per heavy atom. The number of aromatic carboxylic acids is 1. The molecule has 1 aliphatic rings. The van der Waals surface area contributed by atoms with Crippen molar-refractivity contribution in [3.8, 4) is 0 Å². The summed E-state index contributed by atoms with van der Waals surface area (Å²) in [4.78, 5) is 17.2. The van der Waals surface area contributed by atoms with E-state index >= 15 is 0 Å². The molecule has 1 aliphatic heterocycles. The van der Waals surface area contributed by atoms with Gasteiger partial charge in [0.25, 0.3) is 0 Å². The minimum Gasteiger partial charge on any atom is -0.476 e. The van der Waals surface area contributed by atoms with Crippen LogP contribution in [0.15, 0.2) is 18.3 Å². The zero-order chi connectivity index (χ0) is 15.0. The van der Waals surface area contributed by atoms with Crippen molar-refractivity contribution in [1.29, 1.82) is 0 Å². The lowest BCUT2D eigenvalue weighted by atomic mass is 10.0. The van der Waals surface area contributed by atoms with Gasteiger partial charge in [0.05, 0.1) is 5.69 Å². The molecule has 21 heavy (non-hydrogen) atoms. The Balaban J connectivity index is 2.16. The highest BCUT2D eigenvalue weighted by atomic mass is 35.5. The van der Waals surface area contributed by atoms with E-state index in [1.165, 1.54) is 6.20 Å². The molecule has 0 unspecified atom stereocenters. The van der Waals surface area contributed by atoms with E-state index in [-0.39, 0.29) is 5.69 Å². The Hall–Kier alpha value is -2.21. The van der Waals surface area contributed by atoms with E-state index in [1.807, 2.05) is 11.8 Å². The predicted octanol–water partition coefficient (Wildman–Crippen LogP) is 2.62. The van der Waals surface area contributed by atoms with Crippen LogP contribution in [0.4, 0.5) is 11.5 Å². The number of hydrogen-bond donors (Lipinski definition) is 1. The van der Waals surface area contributed by atoms with Gasteiger partial charge in [-0.3, -0.25) is 0 Å². The first-order valence-electron chi connectivity index (χ1n) is 6.57. The average Bonchev–Trinajstić information content (AvgIpc) is 2.50. The van der Waals surface area contributed by atoms with Gasteiger partial charge in [0, 0.05) is 18.3 Å². The Morgan fingerprint density at radius 1 is 1.43 bits per heavy atom. The van der Waals surface area contributed by atoms with Crippen molar-refractivity contribution in [1.82, 2.24) is 15.2 Å². The maximum atomic E-state index is 11.4. The number of halogens is 1. The third-order valence-corrected chi connectivity index (χ3v) is 3.97. The summed E-state index contributed by atoms with van der Waals surface area (Å²) < 4.78 is 0. The largest absolute Gasteiger partial charge is 0.476 e. The predicted molar refractivity (Wildman–Crippen MR) is 78.3 cm³/mol. The summed E-state index contributed by atoms with van der Waals surface area (Å²) in [6.07, 6.45) is 3.22. The van der Waals surface area contributed by atoms with Gasteiger partial charge in [-0.15, -0.1) is 10.2 Å². The summed E-state index contributed by atoms with van der Waals surface area (Å²) in [5.41, 5.74) is 2.45. The quantitative estimate of drug-likeness (QED) is 0.918. The van der Waals surface area contributed by atoms with Gasteiger partial charge in [-0.05, 0) is 37.5 Å². The summed E-state index contributed by atoms with van der Waals surface area (Å²) in [5.74, 6) is -0.394. The molecule has 0 aromatic carbocycles. The highest BCUT2D eigenvalue weighted by Crippen LogP contribution is 2.35. The fourth-order valence-electron chi connectivity index (χ4n) is 2.57. The summed E-state index contributed by atoms with van der Waals surface area (Å²) in [7, 11) is 0. The van der Waals surface area contributed by atoms with Gasteiger partial charge in [-0.25, -0.2) is 9.78 Å². The molecule has 2 aromatic rings. The third kappa shape index (κ3) is 2.31. The zero-order valence-corrected chi connectivity index (χ0v) is 12.1. The van der Waals surface area contributed by atoms with Crippen molar-refractivity contribution < 1.29 is 9.90 Å². The Kier molecular flexibility index (Phi) is 3.47. The second-order valence-corrected chi connectivity index (χ2v) is 5.21. The molecule has 0 saturated carbocycles. The van der Waals surface area contributed by atoms with Crippen LogP contribution in [-0.2, 0) is 6.42 Å². The number of aromatic nitrogens is 3. The number of carbonyl (C=O) groups is 1. The van der Waals surface area contributed by atoms with Crippen LogP contribution in [0.2, 0.25) is 5.15 Å². The van der Waals surface area contributed by atoms with Crippen molar-refractivity contribution >= 4 is 29.1 Å². The van der Waals surface area contributed by atoms with Gasteiger partial charge in [-0.2, -0.15) is 0 Å². The van der Waals surface area contributed by atoms with Gasteiger partial charge < -0.3 is 10.0 Å². The molecule has 0 spiro atoms. The molecule has 0 saturated heterocycles. The lowest BCUT2D eigenvalue weighted by Gasteiger charge is -2.30. The molecule has 108 valence electrons. The molecule has 0 fully saturated rings. The summed E-state index contributed by atoms with van der Waals surface area (Å²) in [6, 6.07) is 3.45. The number of carboxylic acid groups (broad SMARTS) is 1.